The smallest absolute Gasteiger partial charge is 0.247 e. The zero-order valence-electron chi connectivity index (χ0n) is 10.3. The van der Waals surface area contributed by atoms with E-state index in [0.29, 0.717) is 5.89 Å². The van der Waals surface area contributed by atoms with Gasteiger partial charge in [0.2, 0.25) is 12.3 Å². The van der Waals surface area contributed by atoms with Gasteiger partial charge in [-0.3, -0.25) is 0 Å². The molecule has 2 heterocycles. The summed E-state index contributed by atoms with van der Waals surface area (Å²) in [6, 6.07) is 7.90. The normalized spacial score (nSPS) is 10.6. The van der Waals surface area contributed by atoms with Gasteiger partial charge in [-0.1, -0.05) is 0 Å². The average Bonchev–Trinajstić information content (AvgIpc) is 3.09. The van der Waals surface area contributed by atoms with Crippen molar-refractivity contribution in [3.63, 3.8) is 0 Å². The van der Waals surface area contributed by atoms with Gasteiger partial charge in [0.25, 0.3) is 0 Å². The van der Waals surface area contributed by atoms with Gasteiger partial charge < -0.3 is 9.73 Å². The number of rotatable bonds is 4. The molecular weight excluding hydrogens is 260 g/mol. The molecule has 0 aliphatic heterocycles. The van der Waals surface area contributed by atoms with Crippen LogP contribution in [-0.2, 0) is 6.54 Å². The van der Waals surface area contributed by atoms with Crippen LogP contribution in [0.5, 0.6) is 0 Å². The Morgan fingerprint density at radius 1 is 1.26 bits per heavy atom. The molecule has 1 N–H and O–H groups in total. The van der Waals surface area contributed by atoms with E-state index in [-0.39, 0.29) is 0 Å². The van der Waals surface area contributed by atoms with Gasteiger partial charge in [0, 0.05) is 16.1 Å². The van der Waals surface area contributed by atoms with Gasteiger partial charge in [0.15, 0.2) is 0 Å². The molecule has 1 aromatic carbocycles. The van der Waals surface area contributed by atoms with Gasteiger partial charge in [-0.15, -0.1) is 21.5 Å². The molecule has 2 aromatic heterocycles. The van der Waals surface area contributed by atoms with Gasteiger partial charge in [0.1, 0.15) is 0 Å². The van der Waals surface area contributed by atoms with Crippen molar-refractivity contribution in [2.24, 2.45) is 0 Å². The lowest BCUT2D eigenvalue weighted by molar-refractivity contribution is 0.568. The Bertz CT molecular complexity index is 646. The van der Waals surface area contributed by atoms with E-state index in [9.17, 15) is 0 Å². The zero-order chi connectivity index (χ0) is 13.1. The molecule has 0 aliphatic carbocycles. The number of nitrogens with one attached hydrogen (secondary N) is 1. The predicted molar refractivity (Wildman–Crippen MR) is 73.9 cm³/mol. The van der Waals surface area contributed by atoms with Crippen molar-refractivity contribution in [3.05, 3.63) is 46.7 Å². The van der Waals surface area contributed by atoms with E-state index in [1.54, 1.807) is 11.3 Å². The van der Waals surface area contributed by atoms with Crippen LogP contribution >= 0.6 is 11.3 Å². The maximum Gasteiger partial charge on any atom is 0.247 e. The fourth-order valence-corrected chi connectivity index (χ4v) is 2.42. The Hall–Kier alpha value is -2.21. The highest BCUT2D eigenvalue weighted by Crippen LogP contribution is 2.20. The van der Waals surface area contributed by atoms with Crippen LogP contribution < -0.4 is 5.32 Å². The van der Waals surface area contributed by atoms with Gasteiger partial charge >= 0.3 is 0 Å². The molecule has 19 heavy (non-hydrogen) atoms. The van der Waals surface area contributed by atoms with Gasteiger partial charge in [-0.2, -0.15) is 0 Å². The molecule has 0 spiro atoms. The quantitative estimate of drug-likeness (QED) is 0.790. The molecule has 3 rings (SSSR count). The number of benzene rings is 1. The molecule has 0 atom stereocenters. The molecule has 6 heteroatoms. The first-order valence-electron chi connectivity index (χ1n) is 5.82. The highest BCUT2D eigenvalue weighted by atomic mass is 32.1. The van der Waals surface area contributed by atoms with E-state index in [1.807, 2.05) is 36.7 Å². The molecule has 0 radical (unpaired) electrons. The third-order valence-electron chi connectivity index (χ3n) is 2.79. The summed E-state index contributed by atoms with van der Waals surface area (Å²) in [6.45, 7) is 2.81. The van der Waals surface area contributed by atoms with Crippen molar-refractivity contribution in [1.29, 1.82) is 0 Å². The second-order valence-corrected chi connectivity index (χ2v) is 4.98. The van der Waals surface area contributed by atoms with Gasteiger partial charge in [-0.05, 0) is 31.2 Å². The van der Waals surface area contributed by atoms with Crippen molar-refractivity contribution < 1.29 is 4.42 Å². The Labute approximate surface area is 114 Å². The summed E-state index contributed by atoms with van der Waals surface area (Å²) >= 11 is 1.66. The molecule has 0 saturated heterocycles. The summed E-state index contributed by atoms with van der Waals surface area (Å²) in [6.07, 6.45) is 1.33. The number of nitrogens with zero attached hydrogens (tertiary/aromatic N) is 3. The number of thiazole rings is 1. The molecule has 0 unspecified atom stereocenters. The fourth-order valence-electron chi connectivity index (χ4n) is 1.71. The monoisotopic (exact) mass is 272 g/mol. The van der Waals surface area contributed by atoms with Crippen molar-refractivity contribution >= 4 is 17.0 Å². The molecule has 0 bridgehead atoms. The molecule has 5 nitrogen and oxygen atoms in total. The first-order valence-corrected chi connectivity index (χ1v) is 6.70. The van der Waals surface area contributed by atoms with Crippen molar-refractivity contribution in [1.82, 2.24) is 15.2 Å². The summed E-state index contributed by atoms with van der Waals surface area (Å²) in [4.78, 5) is 5.48. The summed E-state index contributed by atoms with van der Waals surface area (Å²) in [5.74, 6) is 0.532. The second kappa shape index (κ2) is 5.19. The third kappa shape index (κ3) is 2.63. The third-order valence-corrected chi connectivity index (χ3v) is 3.72. The van der Waals surface area contributed by atoms with Crippen LogP contribution in [0.25, 0.3) is 11.5 Å². The highest BCUT2D eigenvalue weighted by molar-refractivity contribution is 7.09. The highest BCUT2D eigenvalue weighted by Gasteiger charge is 2.04. The van der Waals surface area contributed by atoms with Crippen molar-refractivity contribution in [2.75, 3.05) is 5.32 Å². The summed E-state index contributed by atoms with van der Waals surface area (Å²) in [5, 5.41) is 10.9. The van der Waals surface area contributed by atoms with E-state index < -0.39 is 0 Å². The SMILES string of the molecule is Cc1ncsc1CNc1ccc(-c2nnco2)cc1. The molecule has 0 amide bonds. The number of aromatic nitrogens is 3. The topological polar surface area (TPSA) is 63.8 Å². The van der Waals surface area contributed by atoms with Crippen LogP contribution in [0.3, 0.4) is 0 Å². The molecule has 0 aliphatic rings. The zero-order valence-corrected chi connectivity index (χ0v) is 11.1. The van der Waals surface area contributed by atoms with Crippen LogP contribution in [0.2, 0.25) is 0 Å². The summed E-state index contributed by atoms with van der Waals surface area (Å²) in [5.41, 5.74) is 4.92. The lowest BCUT2D eigenvalue weighted by atomic mass is 10.2. The molecular formula is C13H12N4OS. The van der Waals surface area contributed by atoms with Gasteiger partial charge in [0.05, 0.1) is 17.7 Å². The average molecular weight is 272 g/mol. The fraction of sp³-hybridized carbons (Fsp3) is 0.154. The summed E-state index contributed by atoms with van der Waals surface area (Å²) < 4.78 is 5.14. The van der Waals surface area contributed by atoms with E-state index in [0.717, 1.165) is 23.5 Å². The Morgan fingerprint density at radius 2 is 2.11 bits per heavy atom. The van der Waals surface area contributed by atoms with Crippen LogP contribution in [0, 0.1) is 6.92 Å². The number of hydrogen-bond donors (Lipinski definition) is 1. The Balaban J connectivity index is 1.68. The van der Waals surface area contributed by atoms with Crippen LogP contribution in [0.15, 0.2) is 40.6 Å². The van der Waals surface area contributed by atoms with E-state index >= 15 is 0 Å². The van der Waals surface area contributed by atoms with Crippen molar-refractivity contribution in [3.8, 4) is 11.5 Å². The maximum atomic E-state index is 5.14. The minimum atomic E-state index is 0.532. The van der Waals surface area contributed by atoms with Crippen LogP contribution in [0.4, 0.5) is 5.69 Å². The first kappa shape index (κ1) is 11.9. The second-order valence-electron chi connectivity index (χ2n) is 4.04. The first-order chi connectivity index (χ1) is 9.33. The number of hydrogen-bond acceptors (Lipinski definition) is 6. The lowest BCUT2D eigenvalue weighted by Crippen LogP contribution is -1.98. The number of aryl methyl sites for hydroxylation is 1. The van der Waals surface area contributed by atoms with Crippen LogP contribution in [-0.4, -0.2) is 15.2 Å². The maximum absolute atomic E-state index is 5.14. The molecule has 0 saturated carbocycles. The largest absolute Gasteiger partial charge is 0.423 e. The Morgan fingerprint density at radius 3 is 2.74 bits per heavy atom. The standard InChI is InChI=1S/C13H12N4OS/c1-9-12(19-8-15-9)6-14-11-4-2-10(3-5-11)13-17-16-7-18-13/h2-5,7-8,14H,6H2,1H3. The van der Waals surface area contributed by atoms with E-state index in [4.69, 9.17) is 4.42 Å². The summed E-state index contributed by atoms with van der Waals surface area (Å²) in [7, 11) is 0. The number of anilines is 1. The van der Waals surface area contributed by atoms with Crippen LogP contribution in [0.1, 0.15) is 10.6 Å². The lowest BCUT2D eigenvalue weighted by Gasteiger charge is -2.05. The van der Waals surface area contributed by atoms with Crippen molar-refractivity contribution in [2.45, 2.75) is 13.5 Å². The minimum Gasteiger partial charge on any atom is -0.423 e. The molecule has 96 valence electrons. The minimum absolute atomic E-state index is 0.532. The molecule has 0 fully saturated rings. The van der Waals surface area contributed by atoms with E-state index in [2.05, 4.69) is 20.5 Å². The van der Waals surface area contributed by atoms with E-state index in [1.165, 1.54) is 11.3 Å². The van der Waals surface area contributed by atoms with Gasteiger partial charge in [-0.25, -0.2) is 4.98 Å². The predicted octanol–water partition coefficient (Wildman–Crippen LogP) is 3.11. The Kier molecular flexibility index (Phi) is 3.24. The molecule has 3 aromatic rings.